The normalized spacial score (nSPS) is 12.1. The highest BCUT2D eigenvalue weighted by Crippen LogP contribution is 2.20. The van der Waals surface area contributed by atoms with E-state index in [1.165, 1.54) is 18.3 Å². The predicted octanol–water partition coefficient (Wildman–Crippen LogP) is 1.29. The summed E-state index contributed by atoms with van der Waals surface area (Å²) in [4.78, 5) is 3.81. The summed E-state index contributed by atoms with van der Waals surface area (Å²) in [7, 11) is -1.99. The number of nitriles is 1. The first-order valence-electron chi connectivity index (χ1n) is 6.15. The Balaban J connectivity index is 2.72. The number of aromatic nitrogens is 1. The van der Waals surface area contributed by atoms with Crippen LogP contribution in [0.4, 0.5) is 0 Å². The molecule has 0 bridgehead atoms. The Hall–Kier alpha value is -1.49. The highest BCUT2D eigenvalue weighted by Gasteiger charge is 2.22. The van der Waals surface area contributed by atoms with E-state index in [4.69, 9.17) is 10.00 Å². The van der Waals surface area contributed by atoms with Gasteiger partial charge in [0.1, 0.15) is 16.7 Å². The van der Waals surface area contributed by atoms with Crippen molar-refractivity contribution in [1.82, 2.24) is 9.71 Å². The zero-order chi connectivity index (χ0) is 15.2. The van der Waals surface area contributed by atoms with Gasteiger partial charge in [0.2, 0.25) is 10.0 Å². The average Bonchev–Trinajstić information content (AvgIpc) is 2.43. The number of hydrogen-bond donors (Lipinski definition) is 1. The number of methoxy groups -OCH3 is 1. The van der Waals surface area contributed by atoms with Gasteiger partial charge in [0.05, 0.1) is 0 Å². The lowest BCUT2D eigenvalue weighted by Crippen LogP contribution is -2.34. The standard InChI is InChI=1S/C13H19N3O3S/c1-13(2,6-7-19-3)10-16-20(17,18)12-5-4-11(8-14)15-9-12/h4-5,9,16H,6-7,10H2,1-3H3. The van der Waals surface area contributed by atoms with E-state index >= 15 is 0 Å². The van der Waals surface area contributed by atoms with Crippen molar-refractivity contribution in [2.45, 2.75) is 25.2 Å². The summed E-state index contributed by atoms with van der Waals surface area (Å²) in [5.41, 5.74) is -0.0206. The van der Waals surface area contributed by atoms with E-state index in [-0.39, 0.29) is 16.0 Å². The van der Waals surface area contributed by atoms with Gasteiger partial charge in [-0.15, -0.1) is 0 Å². The van der Waals surface area contributed by atoms with Crippen molar-refractivity contribution >= 4 is 10.0 Å². The number of nitrogens with one attached hydrogen (secondary N) is 1. The van der Waals surface area contributed by atoms with Crippen molar-refractivity contribution in [1.29, 1.82) is 5.26 Å². The van der Waals surface area contributed by atoms with Gasteiger partial charge in [-0.05, 0) is 24.0 Å². The second-order valence-electron chi connectivity index (χ2n) is 5.22. The maximum Gasteiger partial charge on any atom is 0.242 e. The second kappa shape index (κ2) is 6.79. The molecule has 1 heterocycles. The van der Waals surface area contributed by atoms with Gasteiger partial charge in [-0.3, -0.25) is 0 Å². The summed E-state index contributed by atoms with van der Waals surface area (Å²) in [5.74, 6) is 0. The molecule has 6 nitrogen and oxygen atoms in total. The molecule has 0 amide bonds. The zero-order valence-corrected chi connectivity index (χ0v) is 12.7. The van der Waals surface area contributed by atoms with E-state index in [1.807, 2.05) is 19.9 Å². The molecule has 0 fully saturated rings. The van der Waals surface area contributed by atoms with Gasteiger partial charge in [0.25, 0.3) is 0 Å². The third kappa shape index (κ3) is 4.89. The molecule has 0 aliphatic carbocycles. The van der Waals surface area contributed by atoms with Crippen LogP contribution >= 0.6 is 0 Å². The summed E-state index contributed by atoms with van der Waals surface area (Å²) in [6.45, 7) is 4.81. The van der Waals surface area contributed by atoms with Gasteiger partial charge in [-0.2, -0.15) is 5.26 Å². The first-order chi connectivity index (χ1) is 9.30. The van der Waals surface area contributed by atoms with Crippen molar-refractivity contribution < 1.29 is 13.2 Å². The Labute approximate surface area is 119 Å². The van der Waals surface area contributed by atoms with Crippen LogP contribution in [-0.4, -0.2) is 33.7 Å². The molecule has 0 atom stereocenters. The van der Waals surface area contributed by atoms with Crippen LogP contribution in [0.1, 0.15) is 26.0 Å². The van der Waals surface area contributed by atoms with E-state index in [1.54, 1.807) is 7.11 Å². The van der Waals surface area contributed by atoms with Crippen LogP contribution in [0.3, 0.4) is 0 Å². The van der Waals surface area contributed by atoms with Gasteiger partial charge in [0.15, 0.2) is 0 Å². The van der Waals surface area contributed by atoms with Crippen LogP contribution in [0.15, 0.2) is 23.2 Å². The van der Waals surface area contributed by atoms with Crippen LogP contribution in [0, 0.1) is 16.7 Å². The fourth-order valence-corrected chi connectivity index (χ4v) is 2.63. The van der Waals surface area contributed by atoms with Gasteiger partial charge in [-0.1, -0.05) is 13.8 Å². The Morgan fingerprint density at radius 3 is 2.65 bits per heavy atom. The predicted molar refractivity (Wildman–Crippen MR) is 74.4 cm³/mol. The molecule has 0 radical (unpaired) electrons. The number of rotatable bonds is 7. The fraction of sp³-hybridized carbons (Fsp3) is 0.538. The third-order valence-electron chi connectivity index (χ3n) is 2.88. The molecule has 20 heavy (non-hydrogen) atoms. The Morgan fingerprint density at radius 2 is 2.15 bits per heavy atom. The van der Waals surface area contributed by atoms with Gasteiger partial charge < -0.3 is 4.74 Å². The molecule has 110 valence electrons. The molecule has 0 unspecified atom stereocenters. The topological polar surface area (TPSA) is 92.1 Å². The van der Waals surface area contributed by atoms with Crippen molar-refractivity contribution in [2.75, 3.05) is 20.3 Å². The Kier molecular flexibility index (Phi) is 5.62. The van der Waals surface area contributed by atoms with E-state index in [0.717, 1.165) is 6.42 Å². The Bertz CT molecular complexity index is 574. The largest absolute Gasteiger partial charge is 0.385 e. The fourth-order valence-electron chi connectivity index (χ4n) is 1.45. The van der Waals surface area contributed by atoms with Crippen LogP contribution < -0.4 is 4.72 Å². The smallest absolute Gasteiger partial charge is 0.242 e. The van der Waals surface area contributed by atoms with Crippen LogP contribution in [0.2, 0.25) is 0 Å². The summed E-state index contributed by atoms with van der Waals surface area (Å²) in [5, 5.41) is 8.63. The molecule has 0 saturated carbocycles. The van der Waals surface area contributed by atoms with Gasteiger partial charge in [0, 0.05) is 26.5 Å². The third-order valence-corrected chi connectivity index (χ3v) is 4.27. The summed E-state index contributed by atoms with van der Waals surface area (Å²) in [6.07, 6.45) is 1.93. The number of ether oxygens (including phenoxy) is 1. The van der Waals surface area contributed by atoms with Crippen molar-refractivity contribution in [2.24, 2.45) is 5.41 Å². The minimum absolute atomic E-state index is 0.0547. The Morgan fingerprint density at radius 1 is 1.45 bits per heavy atom. The van der Waals surface area contributed by atoms with E-state index < -0.39 is 10.0 Å². The maximum atomic E-state index is 12.1. The first kappa shape index (κ1) is 16.6. The molecular weight excluding hydrogens is 278 g/mol. The number of nitrogens with zero attached hydrogens (tertiary/aromatic N) is 2. The van der Waals surface area contributed by atoms with Crippen molar-refractivity contribution in [3.63, 3.8) is 0 Å². The quantitative estimate of drug-likeness (QED) is 0.818. The molecule has 1 aromatic rings. The summed E-state index contributed by atoms with van der Waals surface area (Å²) >= 11 is 0. The van der Waals surface area contributed by atoms with Crippen LogP contribution in [-0.2, 0) is 14.8 Å². The lowest BCUT2D eigenvalue weighted by molar-refractivity contribution is 0.153. The monoisotopic (exact) mass is 297 g/mol. The van der Waals surface area contributed by atoms with Crippen LogP contribution in [0.5, 0.6) is 0 Å². The molecule has 7 heteroatoms. The lowest BCUT2D eigenvalue weighted by Gasteiger charge is -2.24. The van der Waals surface area contributed by atoms with Gasteiger partial charge >= 0.3 is 0 Å². The molecule has 0 saturated heterocycles. The number of hydrogen-bond acceptors (Lipinski definition) is 5. The highest BCUT2D eigenvalue weighted by atomic mass is 32.2. The molecule has 0 spiro atoms. The second-order valence-corrected chi connectivity index (χ2v) is 6.99. The molecule has 1 rings (SSSR count). The van der Waals surface area contributed by atoms with E-state index in [9.17, 15) is 8.42 Å². The molecule has 1 N–H and O–H groups in total. The minimum Gasteiger partial charge on any atom is -0.385 e. The van der Waals surface area contributed by atoms with Crippen molar-refractivity contribution in [3.8, 4) is 6.07 Å². The lowest BCUT2D eigenvalue weighted by atomic mass is 9.90. The maximum absolute atomic E-state index is 12.1. The SMILES string of the molecule is COCCC(C)(C)CNS(=O)(=O)c1ccc(C#N)nc1. The molecule has 0 aliphatic rings. The number of pyridine rings is 1. The first-order valence-corrected chi connectivity index (χ1v) is 7.64. The van der Waals surface area contributed by atoms with E-state index in [0.29, 0.717) is 13.2 Å². The van der Waals surface area contributed by atoms with E-state index in [2.05, 4.69) is 9.71 Å². The average molecular weight is 297 g/mol. The zero-order valence-electron chi connectivity index (χ0n) is 11.9. The molecule has 1 aromatic heterocycles. The van der Waals surface area contributed by atoms with Crippen LogP contribution in [0.25, 0.3) is 0 Å². The summed E-state index contributed by atoms with van der Waals surface area (Å²) in [6, 6.07) is 4.60. The molecule has 0 aromatic carbocycles. The minimum atomic E-state index is -3.61. The van der Waals surface area contributed by atoms with Crippen molar-refractivity contribution in [3.05, 3.63) is 24.0 Å². The molecule has 0 aliphatic heterocycles. The highest BCUT2D eigenvalue weighted by molar-refractivity contribution is 7.89. The molecular formula is C13H19N3O3S. The summed E-state index contributed by atoms with van der Waals surface area (Å²) < 4.78 is 31.7. The number of sulfonamides is 1. The van der Waals surface area contributed by atoms with Gasteiger partial charge in [-0.25, -0.2) is 18.1 Å².